The largest absolute Gasteiger partial charge is 0.337 e. The first-order chi connectivity index (χ1) is 9.74. The molecule has 8 nitrogen and oxygen atoms in total. The normalized spacial score (nSPS) is 15.4. The van der Waals surface area contributed by atoms with Gasteiger partial charge in [0.15, 0.2) is 5.69 Å². The Bertz CT molecular complexity index is 577. The number of piperazine rings is 1. The molecule has 9 heteroatoms. The number of aromatic amines is 1. The zero-order valence-electron chi connectivity index (χ0n) is 10.5. The number of anilines is 1. The van der Waals surface area contributed by atoms with Crippen LogP contribution < -0.4 is 4.90 Å². The molecule has 3 heterocycles. The molecule has 0 saturated carbocycles. The average molecular weight is 338 g/mol. The first-order valence-electron chi connectivity index (χ1n) is 6.11. The molecule has 20 heavy (non-hydrogen) atoms. The molecule has 0 aromatic carbocycles. The average Bonchev–Trinajstić information content (AvgIpc) is 3.02. The van der Waals surface area contributed by atoms with Crippen molar-refractivity contribution in [1.29, 1.82) is 0 Å². The Morgan fingerprint density at radius 2 is 1.85 bits per heavy atom. The molecule has 1 aliphatic rings. The number of carbonyl (C=O) groups excluding carboxylic acids is 1. The molecular weight excluding hydrogens is 326 g/mol. The van der Waals surface area contributed by atoms with Gasteiger partial charge in [-0.2, -0.15) is 15.4 Å². The van der Waals surface area contributed by atoms with E-state index in [1.54, 1.807) is 17.3 Å². The first kappa shape index (κ1) is 13.0. The molecule has 104 valence electrons. The van der Waals surface area contributed by atoms with Crippen LogP contribution in [0.5, 0.6) is 0 Å². The number of halogens is 1. The van der Waals surface area contributed by atoms with Crippen LogP contribution in [0, 0.1) is 0 Å². The highest BCUT2D eigenvalue weighted by Gasteiger charge is 2.24. The van der Waals surface area contributed by atoms with Gasteiger partial charge in [-0.05, 0) is 15.9 Å². The van der Waals surface area contributed by atoms with Crippen molar-refractivity contribution >= 4 is 27.8 Å². The van der Waals surface area contributed by atoms with Crippen LogP contribution in [0.1, 0.15) is 10.5 Å². The summed E-state index contributed by atoms with van der Waals surface area (Å²) in [7, 11) is 0. The minimum Gasteiger partial charge on any atom is -0.337 e. The van der Waals surface area contributed by atoms with Crippen LogP contribution in [0.2, 0.25) is 0 Å². The van der Waals surface area contributed by atoms with E-state index in [2.05, 4.69) is 46.2 Å². The molecule has 0 atom stereocenters. The second-order valence-corrected chi connectivity index (χ2v) is 5.25. The van der Waals surface area contributed by atoms with Gasteiger partial charge in [-0.25, -0.2) is 9.97 Å². The third-order valence-corrected chi connectivity index (χ3v) is 3.50. The lowest BCUT2D eigenvalue weighted by Gasteiger charge is -2.34. The number of H-pyrrole nitrogens is 1. The quantitative estimate of drug-likeness (QED) is 0.848. The number of aromatic nitrogens is 5. The van der Waals surface area contributed by atoms with Gasteiger partial charge in [0.1, 0.15) is 0 Å². The van der Waals surface area contributed by atoms with Crippen molar-refractivity contribution in [1.82, 2.24) is 30.3 Å². The molecule has 0 radical (unpaired) electrons. The Hall–Kier alpha value is -2.03. The van der Waals surface area contributed by atoms with Gasteiger partial charge in [0.25, 0.3) is 5.91 Å². The lowest BCUT2D eigenvalue weighted by atomic mass is 10.3. The van der Waals surface area contributed by atoms with Crippen LogP contribution in [-0.2, 0) is 0 Å². The molecule has 2 aromatic heterocycles. The van der Waals surface area contributed by atoms with Gasteiger partial charge in [0, 0.05) is 38.6 Å². The van der Waals surface area contributed by atoms with Crippen molar-refractivity contribution in [2.75, 3.05) is 31.1 Å². The SMILES string of the molecule is O=C(c1cn[nH]n1)N1CCN(c2ncc(Br)cn2)CC1. The van der Waals surface area contributed by atoms with Gasteiger partial charge in [0.05, 0.1) is 10.7 Å². The Balaban J connectivity index is 1.62. The van der Waals surface area contributed by atoms with Crippen molar-refractivity contribution in [2.45, 2.75) is 0 Å². The molecule has 0 unspecified atom stereocenters. The van der Waals surface area contributed by atoms with Gasteiger partial charge in [-0.3, -0.25) is 4.79 Å². The molecule has 0 bridgehead atoms. The van der Waals surface area contributed by atoms with Crippen molar-refractivity contribution in [3.8, 4) is 0 Å². The molecule has 0 spiro atoms. The Labute approximate surface area is 123 Å². The Morgan fingerprint density at radius 1 is 1.15 bits per heavy atom. The van der Waals surface area contributed by atoms with E-state index in [9.17, 15) is 4.79 Å². The highest BCUT2D eigenvalue weighted by Crippen LogP contribution is 2.14. The monoisotopic (exact) mass is 337 g/mol. The Kier molecular flexibility index (Phi) is 3.59. The zero-order chi connectivity index (χ0) is 13.9. The molecule has 1 amide bonds. The maximum atomic E-state index is 12.1. The smallest absolute Gasteiger partial charge is 0.276 e. The highest BCUT2D eigenvalue weighted by molar-refractivity contribution is 9.10. The summed E-state index contributed by atoms with van der Waals surface area (Å²) in [5.74, 6) is 0.580. The summed E-state index contributed by atoms with van der Waals surface area (Å²) < 4.78 is 0.848. The lowest BCUT2D eigenvalue weighted by molar-refractivity contribution is 0.0740. The standard InChI is InChI=1S/C11H12BrN7O/c12-8-5-13-11(14-6-8)19-3-1-18(2-4-19)10(20)9-7-15-17-16-9/h5-7H,1-4H2,(H,15,16,17). The number of nitrogens with zero attached hydrogens (tertiary/aromatic N) is 6. The van der Waals surface area contributed by atoms with Gasteiger partial charge in [-0.1, -0.05) is 0 Å². The van der Waals surface area contributed by atoms with Gasteiger partial charge >= 0.3 is 0 Å². The summed E-state index contributed by atoms with van der Waals surface area (Å²) in [6.45, 7) is 2.63. The fourth-order valence-electron chi connectivity index (χ4n) is 2.04. The molecule has 3 rings (SSSR count). The maximum Gasteiger partial charge on any atom is 0.276 e. The number of amides is 1. The van der Waals surface area contributed by atoms with E-state index in [4.69, 9.17) is 0 Å². The Morgan fingerprint density at radius 3 is 2.45 bits per heavy atom. The molecule has 1 saturated heterocycles. The summed E-state index contributed by atoms with van der Waals surface area (Å²) in [5, 5.41) is 9.91. The summed E-state index contributed by atoms with van der Waals surface area (Å²) in [6, 6.07) is 0. The predicted octanol–water partition coefficient (Wildman–Crippen LogP) is 0.320. The van der Waals surface area contributed by atoms with E-state index >= 15 is 0 Å². The zero-order valence-corrected chi connectivity index (χ0v) is 12.1. The summed E-state index contributed by atoms with van der Waals surface area (Å²) in [6.07, 6.45) is 4.87. The van der Waals surface area contributed by atoms with E-state index in [0.717, 1.165) is 4.47 Å². The second-order valence-electron chi connectivity index (χ2n) is 4.34. The van der Waals surface area contributed by atoms with Crippen molar-refractivity contribution in [3.05, 3.63) is 28.8 Å². The number of rotatable bonds is 2. The topological polar surface area (TPSA) is 90.9 Å². The number of hydrogen-bond acceptors (Lipinski definition) is 6. The first-order valence-corrected chi connectivity index (χ1v) is 6.91. The van der Waals surface area contributed by atoms with Crippen LogP contribution in [0.4, 0.5) is 5.95 Å². The third kappa shape index (κ3) is 2.62. The van der Waals surface area contributed by atoms with Gasteiger partial charge < -0.3 is 9.80 Å². The van der Waals surface area contributed by atoms with Crippen LogP contribution in [0.3, 0.4) is 0 Å². The molecule has 1 N–H and O–H groups in total. The summed E-state index contributed by atoms with van der Waals surface area (Å²) in [5.41, 5.74) is 0.346. The fourth-order valence-corrected chi connectivity index (χ4v) is 2.25. The van der Waals surface area contributed by atoms with E-state index in [1.165, 1.54) is 6.20 Å². The number of carbonyl (C=O) groups is 1. The minimum atomic E-state index is -0.102. The van der Waals surface area contributed by atoms with Crippen LogP contribution >= 0.6 is 15.9 Å². The third-order valence-electron chi connectivity index (χ3n) is 3.09. The number of hydrogen-bond donors (Lipinski definition) is 1. The van der Waals surface area contributed by atoms with E-state index in [0.29, 0.717) is 37.8 Å². The summed E-state index contributed by atoms with van der Waals surface area (Å²) >= 11 is 3.31. The number of nitrogens with one attached hydrogen (secondary N) is 1. The van der Waals surface area contributed by atoms with Gasteiger partial charge in [0.2, 0.25) is 5.95 Å². The molecule has 1 fully saturated rings. The van der Waals surface area contributed by atoms with Crippen molar-refractivity contribution in [2.24, 2.45) is 0 Å². The molecular formula is C11H12BrN7O. The van der Waals surface area contributed by atoms with Crippen LogP contribution in [0.15, 0.2) is 23.1 Å². The molecule has 0 aliphatic carbocycles. The second kappa shape index (κ2) is 5.53. The van der Waals surface area contributed by atoms with Crippen molar-refractivity contribution in [3.63, 3.8) is 0 Å². The minimum absolute atomic E-state index is 0.102. The van der Waals surface area contributed by atoms with Crippen LogP contribution in [0.25, 0.3) is 0 Å². The van der Waals surface area contributed by atoms with E-state index < -0.39 is 0 Å². The predicted molar refractivity (Wildman–Crippen MR) is 74.2 cm³/mol. The van der Waals surface area contributed by atoms with E-state index in [1.807, 2.05) is 0 Å². The molecule has 2 aromatic rings. The summed E-state index contributed by atoms with van der Waals surface area (Å²) in [4.78, 5) is 24.4. The maximum absolute atomic E-state index is 12.1. The fraction of sp³-hybridized carbons (Fsp3) is 0.364. The lowest BCUT2D eigenvalue weighted by Crippen LogP contribution is -2.49. The highest BCUT2D eigenvalue weighted by atomic mass is 79.9. The van der Waals surface area contributed by atoms with Crippen molar-refractivity contribution < 1.29 is 4.79 Å². The van der Waals surface area contributed by atoms with Crippen LogP contribution in [-0.4, -0.2) is 62.4 Å². The van der Waals surface area contributed by atoms with Gasteiger partial charge in [-0.15, -0.1) is 0 Å². The van der Waals surface area contributed by atoms with E-state index in [-0.39, 0.29) is 5.91 Å². The molecule has 1 aliphatic heterocycles.